The van der Waals surface area contributed by atoms with Crippen molar-refractivity contribution in [3.63, 3.8) is 0 Å². The molecule has 2 amide bonds. The van der Waals surface area contributed by atoms with E-state index < -0.39 is 5.91 Å². The molecule has 1 fully saturated rings. The second-order valence-electron chi connectivity index (χ2n) is 7.61. The Labute approximate surface area is 235 Å². The number of carbonyl (C=O) groups is 2. The zero-order valence-electron chi connectivity index (χ0n) is 18.8. The molecule has 0 atom stereocenters. The van der Waals surface area contributed by atoms with Crippen molar-refractivity contribution in [2.45, 2.75) is 13.2 Å². The summed E-state index contributed by atoms with van der Waals surface area (Å²) >= 11 is 15.1. The van der Waals surface area contributed by atoms with Gasteiger partial charge >= 0.3 is 0 Å². The number of rotatable bonds is 7. The molecule has 0 aromatic heterocycles. The Bertz CT molecular complexity index is 1440. The average molecular weight is 651 g/mol. The van der Waals surface area contributed by atoms with Gasteiger partial charge in [0.05, 0.1) is 43.8 Å². The molecule has 0 unspecified atom stereocenters. The monoisotopic (exact) mass is 650 g/mol. The highest BCUT2D eigenvalue weighted by molar-refractivity contribution is 14.1. The van der Waals surface area contributed by atoms with Crippen LogP contribution in [0.5, 0.6) is 11.5 Å². The van der Waals surface area contributed by atoms with Crippen molar-refractivity contribution in [2.24, 2.45) is 0 Å². The van der Waals surface area contributed by atoms with Crippen molar-refractivity contribution in [2.75, 3.05) is 7.11 Å². The van der Waals surface area contributed by atoms with E-state index in [1.54, 1.807) is 48.5 Å². The van der Waals surface area contributed by atoms with Crippen LogP contribution in [0, 0.1) is 14.9 Å². The van der Waals surface area contributed by atoms with E-state index in [0.717, 1.165) is 25.8 Å². The Hall–Kier alpha value is -2.71. The number of imide groups is 1. The molecule has 1 aliphatic heterocycles. The lowest BCUT2D eigenvalue weighted by Crippen LogP contribution is -2.27. The SMILES string of the molecule is COc1cc(/C=C2/SC(=O)N(Cc3ccccc3C#N)C2=O)cc(I)c1OCc1ccc(Cl)c(Cl)c1. The number of hydrogen-bond acceptors (Lipinski definition) is 6. The fraction of sp³-hybridized carbons (Fsp3) is 0.115. The number of nitrogens with zero attached hydrogens (tertiary/aromatic N) is 2. The maximum absolute atomic E-state index is 13.0. The van der Waals surface area contributed by atoms with Crippen LogP contribution in [0.25, 0.3) is 6.08 Å². The second-order valence-corrected chi connectivity index (χ2v) is 10.6. The van der Waals surface area contributed by atoms with E-state index in [-0.39, 0.29) is 23.3 Å². The van der Waals surface area contributed by atoms with Crippen LogP contribution in [-0.2, 0) is 17.9 Å². The van der Waals surface area contributed by atoms with E-state index in [4.69, 9.17) is 32.7 Å². The highest BCUT2D eigenvalue weighted by Crippen LogP contribution is 2.38. The molecular weight excluding hydrogens is 634 g/mol. The highest BCUT2D eigenvalue weighted by atomic mass is 127. The first-order valence-electron chi connectivity index (χ1n) is 10.5. The highest BCUT2D eigenvalue weighted by Gasteiger charge is 2.35. The fourth-order valence-electron chi connectivity index (χ4n) is 3.47. The Morgan fingerprint density at radius 3 is 2.61 bits per heavy atom. The Balaban J connectivity index is 1.54. The van der Waals surface area contributed by atoms with Crippen LogP contribution < -0.4 is 9.47 Å². The summed E-state index contributed by atoms with van der Waals surface area (Å²) in [5, 5.41) is 9.83. The topological polar surface area (TPSA) is 79.6 Å². The first kappa shape index (κ1) is 26.4. The molecule has 4 rings (SSSR count). The average Bonchev–Trinajstić information content (AvgIpc) is 3.12. The first-order valence-corrected chi connectivity index (χ1v) is 13.1. The number of halogens is 3. The molecule has 0 radical (unpaired) electrons. The van der Waals surface area contributed by atoms with Gasteiger partial charge < -0.3 is 9.47 Å². The van der Waals surface area contributed by atoms with Crippen LogP contribution >= 0.6 is 57.6 Å². The second kappa shape index (κ2) is 11.6. The summed E-state index contributed by atoms with van der Waals surface area (Å²) in [7, 11) is 1.53. The van der Waals surface area contributed by atoms with E-state index in [2.05, 4.69) is 28.7 Å². The zero-order valence-corrected chi connectivity index (χ0v) is 23.2. The Morgan fingerprint density at radius 2 is 1.89 bits per heavy atom. The number of methoxy groups -OCH3 is 1. The van der Waals surface area contributed by atoms with Crippen molar-refractivity contribution in [1.29, 1.82) is 5.26 Å². The maximum atomic E-state index is 13.0. The van der Waals surface area contributed by atoms with Gasteiger partial charge in [-0.3, -0.25) is 14.5 Å². The van der Waals surface area contributed by atoms with Crippen molar-refractivity contribution in [3.8, 4) is 17.6 Å². The molecule has 0 bridgehead atoms. The quantitative estimate of drug-likeness (QED) is 0.197. The van der Waals surface area contributed by atoms with Crippen LogP contribution in [0.15, 0.2) is 59.5 Å². The molecule has 1 saturated heterocycles. The van der Waals surface area contributed by atoms with E-state index in [1.165, 1.54) is 7.11 Å². The summed E-state index contributed by atoms with van der Waals surface area (Å²) in [4.78, 5) is 27.0. The van der Waals surface area contributed by atoms with Crippen molar-refractivity contribution in [3.05, 3.63) is 95.4 Å². The smallest absolute Gasteiger partial charge is 0.293 e. The van der Waals surface area contributed by atoms with Gasteiger partial charge in [-0.25, -0.2) is 0 Å². The maximum Gasteiger partial charge on any atom is 0.293 e. The van der Waals surface area contributed by atoms with Gasteiger partial charge in [0.15, 0.2) is 11.5 Å². The summed E-state index contributed by atoms with van der Waals surface area (Å²) < 4.78 is 12.3. The standard InChI is InChI=1S/C26H17Cl2IN2O4S/c1-34-22-10-16(9-21(29)24(22)35-14-15-6-7-19(27)20(28)8-15)11-23-25(32)31(26(33)36-23)13-18-5-3-2-4-17(18)12-30/h2-11H,13-14H2,1H3/b23-11+. The van der Waals surface area contributed by atoms with Gasteiger partial charge in [-0.15, -0.1) is 0 Å². The number of carbonyl (C=O) groups excluding carboxylic acids is 2. The lowest BCUT2D eigenvalue weighted by molar-refractivity contribution is -0.123. The van der Waals surface area contributed by atoms with Crippen LogP contribution in [0.4, 0.5) is 4.79 Å². The van der Waals surface area contributed by atoms with Crippen molar-refractivity contribution < 1.29 is 19.1 Å². The molecular formula is C26H17Cl2IN2O4S. The summed E-state index contributed by atoms with van der Waals surface area (Å²) in [6, 6.07) is 17.8. The minimum Gasteiger partial charge on any atom is -0.493 e. The molecule has 10 heteroatoms. The number of ether oxygens (including phenoxy) is 2. The molecule has 0 aliphatic carbocycles. The molecule has 0 spiro atoms. The largest absolute Gasteiger partial charge is 0.493 e. The third-order valence-corrected chi connectivity index (χ3v) is 7.70. The van der Waals surface area contributed by atoms with Gasteiger partial charge in [0.25, 0.3) is 11.1 Å². The number of benzene rings is 3. The molecule has 0 N–H and O–H groups in total. The first-order chi connectivity index (χ1) is 17.3. The minimum absolute atomic E-state index is 0.0358. The molecule has 36 heavy (non-hydrogen) atoms. The van der Waals surface area contributed by atoms with E-state index in [9.17, 15) is 14.9 Å². The third kappa shape index (κ3) is 5.81. The fourth-order valence-corrected chi connectivity index (χ4v) is 5.41. The number of hydrogen-bond donors (Lipinski definition) is 0. The number of amides is 2. The molecule has 0 saturated carbocycles. The lowest BCUT2D eigenvalue weighted by Gasteiger charge is -2.14. The van der Waals surface area contributed by atoms with E-state index in [1.807, 2.05) is 12.1 Å². The van der Waals surface area contributed by atoms with Gasteiger partial charge in [0, 0.05) is 0 Å². The molecule has 3 aromatic rings. The summed E-state index contributed by atoms with van der Waals surface area (Å²) in [5.74, 6) is 0.615. The predicted octanol–water partition coefficient (Wildman–Crippen LogP) is 7.29. The number of nitriles is 1. The van der Waals surface area contributed by atoms with Gasteiger partial charge in [-0.1, -0.05) is 47.5 Å². The van der Waals surface area contributed by atoms with Crippen LogP contribution in [0.3, 0.4) is 0 Å². The van der Waals surface area contributed by atoms with Gasteiger partial charge in [0.1, 0.15) is 6.61 Å². The summed E-state index contributed by atoms with van der Waals surface area (Å²) in [5.41, 5.74) is 2.57. The lowest BCUT2D eigenvalue weighted by atomic mass is 10.1. The van der Waals surface area contributed by atoms with Gasteiger partial charge in [-0.2, -0.15) is 5.26 Å². The normalized spacial score (nSPS) is 14.3. The van der Waals surface area contributed by atoms with Crippen molar-refractivity contribution in [1.82, 2.24) is 4.90 Å². The molecule has 6 nitrogen and oxygen atoms in total. The molecule has 1 aliphatic rings. The molecule has 182 valence electrons. The number of thioether (sulfide) groups is 1. The van der Waals surface area contributed by atoms with Crippen molar-refractivity contribution >= 4 is 74.8 Å². The van der Waals surface area contributed by atoms with E-state index in [0.29, 0.717) is 38.2 Å². The Morgan fingerprint density at radius 1 is 1.11 bits per heavy atom. The van der Waals surface area contributed by atoms with Crippen LogP contribution in [0.1, 0.15) is 22.3 Å². The Kier molecular flexibility index (Phi) is 8.46. The van der Waals surface area contributed by atoms with Gasteiger partial charge in [-0.05, 0) is 87.5 Å². The van der Waals surface area contributed by atoms with Crippen LogP contribution in [0.2, 0.25) is 10.0 Å². The van der Waals surface area contributed by atoms with Crippen LogP contribution in [-0.4, -0.2) is 23.2 Å². The summed E-state index contributed by atoms with van der Waals surface area (Å²) in [6.45, 7) is 0.291. The summed E-state index contributed by atoms with van der Waals surface area (Å²) in [6.07, 6.45) is 1.65. The predicted molar refractivity (Wildman–Crippen MR) is 149 cm³/mol. The molecule has 3 aromatic carbocycles. The zero-order chi connectivity index (χ0) is 25.8. The third-order valence-electron chi connectivity index (χ3n) is 5.26. The van der Waals surface area contributed by atoms with E-state index >= 15 is 0 Å². The van der Waals surface area contributed by atoms with Gasteiger partial charge in [0.2, 0.25) is 0 Å². The minimum atomic E-state index is -0.410. The molecule has 1 heterocycles.